The molecule has 6 nitrogen and oxygen atoms in total. The summed E-state index contributed by atoms with van der Waals surface area (Å²) in [7, 11) is -3.49. The van der Waals surface area contributed by atoms with Gasteiger partial charge in [0.25, 0.3) is 5.91 Å². The maximum atomic E-state index is 13.3. The average Bonchev–Trinajstić information content (AvgIpc) is 2.63. The lowest BCUT2D eigenvalue weighted by Gasteiger charge is -2.11. The van der Waals surface area contributed by atoms with Crippen molar-refractivity contribution in [1.82, 2.24) is 10.0 Å². The molecule has 0 aromatic heterocycles. The summed E-state index contributed by atoms with van der Waals surface area (Å²) in [4.78, 5) is 11.8. The van der Waals surface area contributed by atoms with Gasteiger partial charge in [-0.25, -0.2) is 17.5 Å². The second-order valence-electron chi connectivity index (χ2n) is 5.91. The van der Waals surface area contributed by atoms with Gasteiger partial charge in [0.05, 0.1) is 10.8 Å². The molecule has 0 aliphatic heterocycles. The van der Waals surface area contributed by atoms with E-state index in [0.29, 0.717) is 11.3 Å². The lowest BCUT2D eigenvalue weighted by atomic mass is 10.2. The summed E-state index contributed by atoms with van der Waals surface area (Å²) in [5, 5.41) is 2.46. The molecule has 9 heteroatoms. The lowest BCUT2D eigenvalue weighted by molar-refractivity contribution is -0.122. The van der Waals surface area contributed by atoms with Crippen molar-refractivity contribution in [1.29, 1.82) is 0 Å². The first-order chi connectivity index (χ1) is 13.2. The van der Waals surface area contributed by atoms with Crippen LogP contribution in [0.2, 0.25) is 5.02 Å². The van der Waals surface area contributed by atoms with Crippen LogP contribution in [0.5, 0.6) is 5.75 Å². The number of carbonyl (C=O) groups excluding carboxylic acids is 1. The van der Waals surface area contributed by atoms with Crippen LogP contribution in [0.25, 0.3) is 0 Å². The van der Waals surface area contributed by atoms with Crippen molar-refractivity contribution in [3.8, 4) is 5.75 Å². The number of benzene rings is 2. The second kappa shape index (κ2) is 10.2. The highest BCUT2D eigenvalue weighted by Crippen LogP contribution is 2.20. The quantitative estimate of drug-likeness (QED) is 0.611. The molecule has 0 atom stereocenters. The summed E-state index contributed by atoms with van der Waals surface area (Å²) < 4.78 is 45.0. The minimum Gasteiger partial charge on any atom is -0.484 e. The number of amides is 1. The highest BCUT2D eigenvalue weighted by Gasteiger charge is 2.12. The Morgan fingerprint density at radius 2 is 1.89 bits per heavy atom. The van der Waals surface area contributed by atoms with Gasteiger partial charge in [-0.2, -0.15) is 0 Å². The van der Waals surface area contributed by atoms with Crippen LogP contribution >= 0.6 is 11.6 Å². The zero-order chi connectivity index (χ0) is 20.6. The van der Waals surface area contributed by atoms with Gasteiger partial charge in [-0.05, 0) is 17.7 Å². The molecule has 0 saturated heterocycles. The summed E-state index contributed by atoms with van der Waals surface area (Å²) in [6, 6.07) is 12.6. The minimum absolute atomic E-state index is 0.0418. The highest BCUT2D eigenvalue weighted by molar-refractivity contribution is 7.88. The highest BCUT2D eigenvalue weighted by atomic mass is 35.5. The molecule has 0 aliphatic carbocycles. The zero-order valence-corrected chi connectivity index (χ0v) is 16.5. The van der Waals surface area contributed by atoms with E-state index >= 15 is 0 Å². The third-order valence-electron chi connectivity index (χ3n) is 3.53. The molecule has 1 amide bonds. The van der Waals surface area contributed by atoms with Crippen LogP contribution < -0.4 is 14.8 Å². The number of sulfonamides is 1. The van der Waals surface area contributed by atoms with Crippen LogP contribution in [0.3, 0.4) is 0 Å². The normalized spacial score (nSPS) is 11.1. The van der Waals surface area contributed by atoms with Gasteiger partial charge < -0.3 is 10.1 Å². The van der Waals surface area contributed by atoms with Crippen LogP contribution in [0.1, 0.15) is 12.0 Å². The fraction of sp³-hybridized carbons (Fsp3) is 0.211. The summed E-state index contributed by atoms with van der Waals surface area (Å²) >= 11 is 5.57. The summed E-state index contributed by atoms with van der Waals surface area (Å²) in [5.41, 5.74) is 1.01. The predicted octanol–water partition coefficient (Wildman–Crippen LogP) is 3.00. The number of ether oxygens (including phenoxy) is 1. The van der Waals surface area contributed by atoms with E-state index in [1.54, 1.807) is 24.3 Å². The Morgan fingerprint density at radius 3 is 2.57 bits per heavy atom. The van der Waals surface area contributed by atoms with E-state index in [2.05, 4.69) is 16.6 Å². The monoisotopic (exact) mass is 426 g/mol. The van der Waals surface area contributed by atoms with E-state index in [9.17, 15) is 17.6 Å². The molecule has 0 spiro atoms. The van der Waals surface area contributed by atoms with Crippen molar-refractivity contribution in [2.75, 3.05) is 13.2 Å². The van der Waals surface area contributed by atoms with Crippen LogP contribution in [-0.2, 0) is 20.6 Å². The average molecular weight is 427 g/mol. The summed E-state index contributed by atoms with van der Waals surface area (Å²) in [6.07, 6.45) is 0.218. The predicted molar refractivity (Wildman–Crippen MR) is 106 cm³/mol. The molecule has 2 aromatic rings. The van der Waals surface area contributed by atoms with Crippen LogP contribution in [-0.4, -0.2) is 27.5 Å². The first kappa shape index (κ1) is 21.9. The second-order valence-corrected chi connectivity index (χ2v) is 8.12. The first-order valence-corrected chi connectivity index (χ1v) is 10.3. The number of halogens is 2. The van der Waals surface area contributed by atoms with Gasteiger partial charge in [0.1, 0.15) is 11.6 Å². The number of carbonyl (C=O) groups is 1. The third-order valence-corrected chi connectivity index (χ3v) is 5.19. The van der Waals surface area contributed by atoms with E-state index in [1.807, 2.05) is 6.07 Å². The van der Waals surface area contributed by atoms with E-state index in [1.165, 1.54) is 12.1 Å². The molecule has 0 unspecified atom stereocenters. The van der Waals surface area contributed by atoms with Crippen LogP contribution in [0, 0.1) is 5.82 Å². The Balaban J connectivity index is 1.69. The molecule has 28 heavy (non-hydrogen) atoms. The van der Waals surface area contributed by atoms with Crippen LogP contribution in [0.4, 0.5) is 4.39 Å². The van der Waals surface area contributed by atoms with Crippen molar-refractivity contribution in [2.45, 2.75) is 12.2 Å². The smallest absolute Gasteiger partial charge is 0.262 e. The maximum absolute atomic E-state index is 13.3. The van der Waals surface area contributed by atoms with E-state index in [-0.39, 0.29) is 36.1 Å². The molecule has 0 radical (unpaired) electrons. The van der Waals surface area contributed by atoms with Gasteiger partial charge in [-0.1, -0.05) is 48.5 Å². The van der Waals surface area contributed by atoms with Gasteiger partial charge in [-0.3, -0.25) is 4.79 Å². The molecule has 2 rings (SSSR count). The van der Waals surface area contributed by atoms with Gasteiger partial charge in [0, 0.05) is 24.7 Å². The fourth-order valence-electron chi connectivity index (χ4n) is 2.21. The Kier molecular flexibility index (Phi) is 7.98. The van der Waals surface area contributed by atoms with Crippen molar-refractivity contribution in [2.24, 2.45) is 0 Å². The van der Waals surface area contributed by atoms with Crippen molar-refractivity contribution in [3.05, 3.63) is 77.2 Å². The van der Waals surface area contributed by atoms with Gasteiger partial charge in [0.2, 0.25) is 10.0 Å². The summed E-state index contributed by atoms with van der Waals surface area (Å²) in [6.45, 7) is 3.43. The van der Waals surface area contributed by atoms with Gasteiger partial charge in [-0.15, -0.1) is 0 Å². The Bertz CT molecular complexity index is 936. The number of nitrogens with one attached hydrogen (secondary N) is 2. The SMILES string of the molecule is C=C(CCNS(=O)(=O)Cc1ccccc1)NC(=O)COc1ccc(Cl)c(F)c1. The Labute approximate surface area is 168 Å². The fourth-order valence-corrected chi connectivity index (χ4v) is 3.48. The molecular formula is C19H20ClFN2O4S. The minimum atomic E-state index is -3.49. The topological polar surface area (TPSA) is 84.5 Å². The standard InChI is InChI=1S/C19H20ClFN2O4S/c1-14(9-10-22-28(25,26)13-15-5-3-2-4-6-15)23-19(24)12-27-16-7-8-17(20)18(21)11-16/h2-8,11,22H,1,9-10,12-13H2,(H,23,24). The first-order valence-electron chi connectivity index (χ1n) is 8.32. The van der Waals surface area contributed by atoms with Gasteiger partial charge in [0.15, 0.2) is 6.61 Å². The maximum Gasteiger partial charge on any atom is 0.262 e. The van der Waals surface area contributed by atoms with Crippen LogP contribution in [0.15, 0.2) is 60.8 Å². The molecule has 2 aromatic carbocycles. The van der Waals surface area contributed by atoms with Gasteiger partial charge >= 0.3 is 0 Å². The molecular weight excluding hydrogens is 407 g/mol. The molecule has 0 bridgehead atoms. The van der Waals surface area contributed by atoms with E-state index in [4.69, 9.17) is 16.3 Å². The molecule has 0 saturated carbocycles. The Hall–Kier alpha value is -2.42. The number of hydrogen-bond donors (Lipinski definition) is 2. The largest absolute Gasteiger partial charge is 0.484 e. The molecule has 2 N–H and O–H groups in total. The molecule has 0 fully saturated rings. The van der Waals surface area contributed by atoms with Crippen molar-refractivity contribution >= 4 is 27.5 Å². The Morgan fingerprint density at radius 1 is 1.18 bits per heavy atom. The molecule has 0 heterocycles. The summed E-state index contributed by atoms with van der Waals surface area (Å²) in [5.74, 6) is -1.10. The third kappa shape index (κ3) is 7.67. The van der Waals surface area contributed by atoms with E-state index < -0.39 is 21.7 Å². The lowest BCUT2D eigenvalue weighted by Crippen LogP contribution is -2.31. The number of hydrogen-bond acceptors (Lipinski definition) is 4. The zero-order valence-electron chi connectivity index (χ0n) is 15.0. The number of rotatable bonds is 10. The molecule has 150 valence electrons. The van der Waals surface area contributed by atoms with E-state index in [0.717, 1.165) is 6.07 Å². The van der Waals surface area contributed by atoms with Crippen molar-refractivity contribution < 1.29 is 22.3 Å². The van der Waals surface area contributed by atoms with Crippen molar-refractivity contribution in [3.63, 3.8) is 0 Å². The molecule has 0 aliphatic rings.